The van der Waals surface area contributed by atoms with Gasteiger partial charge in [-0.1, -0.05) is 198 Å². The van der Waals surface area contributed by atoms with E-state index in [0.717, 1.165) is 0 Å². The molecule has 0 N–H and O–H groups in total. The highest BCUT2D eigenvalue weighted by Gasteiger charge is 2.46. The molecule has 10 aromatic rings. The third-order valence-electron chi connectivity index (χ3n) is 15.7. The minimum absolute atomic E-state index is 0.0685. The molecule has 0 aliphatic carbocycles. The molecule has 0 atom stereocenters. The molecule has 0 saturated heterocycles. The summed E-state index contributed by atoms with van der Waals surface area (Å²) in [5, 5.41) is 10.1. The topological polar surface area (TPSA) is 6.48 Å². The van der Waals surface area contributed by atoms with Crippen LogP contribution in [-0.4, -0.2) is 6.71 Å². The molecule has 0 radical (unpaired) electrons. The molecule has 0 saturated carbocycles. The predicted octanol–water partition coefficient (Wildman–Crippen LogP) is 17.2. The van der Waals surface area contributed by atoms with Gasteiger partial charge in [0, 0.05) is 34.1 Å². The van der Waals surface area contributed by atoms with Crippen LogP contribution in [0.5, 0.6) is 0 Å². The Labute approximate surface area is 422 Å². The van der Waals surface area contributed by atoms with Gasteiger partial charge in [-0.15, -0.1) is 0 Å². The smallest absolute Gasteiger partial charge is 0.253 e. The summed E-state index contributed by atoms with van der Waals surface area (Å²) < 4.78 is 0. The second kappa shape index (κ2) is 15.7. The molecule has 12 rings (SSSR count). The molecule has 10 aromatic carbocycles. The Morgan fingerprint density at radius 3 is 1.13 bits per heavy atom. The molecule has 3 heteroatoms. The van der Waals surface area contributed by atoms with Crippen LogP contribution >= 0.6 is 0 Å². The monoisotopic (exact) mass is 921 g/mol. The zero-order chi connectivity index (χ0) is 49.5. The van der Waals surface area contributed by atoms with Crippen molar-refractivity contribution in [2.24, 2.45) is 0 Å². The van der Waals surface area contributed by atoms with Gasteiger partial charge in [0.1, 0.15) is 0 Å². The minimum atomic E-state index is -0.0783. The van der Waals surface area contributed by atoms with E-state index in [-0.39, 0.29) is 28.4 Å². The highest BCUT2D eigenvalue weighted by atomic mass is 15.2. The maximum Gasteiger partial charge on any atom is 0.253 e. The Morgan fingerprint density at radius 1 is 0.296 bits per heavy atom. The third-order valence-corrected chi connectivity index (χ3v) is 15.7. The standard InChI is InChI=1S/C68H65BN2/c1-65(2,3)48-36-49(66(4,5)6)39-52(38-48)70-58-30-28-42-20-15-17-25-55(42)62(58)69-63-56-26-18-16-21-43(56)29-31-59(63)71(53-40-50(67(7,8)9)37-51(41-53)68(10,11)12)61-35-47(34-60(70)64(61)69)54-27-19-24-46-32-44-22-13-14-23-45(44)33-57(46)54/h13-41H,1-12H3. The van der Waals surface area contributed by atoms with E-state index in [1.54, 1.807) is 0 Å². The summed E-state index contributed by atoms with van der Waals surface area (Å²) in [5.74, 6) is 0. The van der Waals surface area contributed by atoms with Gasteiger partial charge in [-0.3, -0.25) is 0 Å². The quantitative estimate of drug-likeness (QED) is 0.129. The molecule has 0 aromatic heterocycles. The average molecular weight is 921 g/mol. The summed E-state index contributed by atoms with van der Waals surface area (Å²) in [6.07, 6.45) is 0. The average Bonchev–Trinajstić information content (AvgIpc) is 3.33. The lowest BCUT2D eigenvalue weighted by molar-refractivity contribution is 0.568. The van der Waals surface area contributed by atoms with Crippen molar-refractivity contribution in [2.45, 2.75) is 105 Å². The van der Waals surface area contributed by atoms with Gasteiger partial charge < -0.3 is 9.80 Å². The molecule has 2 nitrogen and oxygen atoms in total. The van der Waals surface area contributed by atoms with Gasteiger partial charge in [0.05, 0.1) is 0 Å². The third kappa shape index (κ3) is 7.37. The number of benzene rings is 10. The number of hydrogen-bond donors (Lipinski definition) is 0. The van der Waals surface area contributed by atoms with Crippen LogP contribution in [0.25, 0.3) is 54.2 Å². The van der Waals surface area contributed by atoms with Crippen LogP contribution in [-0.2, 0) is 21.7 Å². The molecule has 2 aliphatic heterocycles. The molecule has 71 heavy (non-hydrogen) atoms. The number of rotatable bonds is 3. The van der Waals surface area contributed by atoms with E-state index in [1.807, 2.05) is 0 Å². The van der Waals surface area contributed by atoms with Gasteiger partial charge in [-0.2, -0.15) is 0 Å². The lowest BCUT2D eigenvalue weighted by Gasteiger charge is -2.46. The molecule has 0 amide bonds. The van der Waals surface area contributed by atoms with Gasteiger partial charge in [0.2, 0.25) is 0 Å². The summed E-state index contributed by atoms with van der Waals surface area (Å²) in [4.78, 5) is 5.32. The maximum atomic E-state index is 2.66. The normalized spacial score (nSPS) is 13.8. The largest absolute Gasteiger partial charge is 0.311 e. The second-order valence-electron chi connectivity index (χ2n) is 24.7. The number of nitrogens with zero attached hydrogens (tertiary/aromatic N) is 2. The zero-order valence-corrected chi connectivity index (χ0v) is 43.7. The van der Waals surface area contributed by atoms with Crippen LogP contribution in [0.2, 0.25) is 0 Å². The Kier molecular flexibility index (Phi) is 9.97. The fourth-order valence-electron chi connectivity index (χ4n) is 11.7. The van der Waals surface area contributed by atoms with Gasteiger partial charge in [-0.05, 0) is 175 Å². The van der Waals surface area contributed by atoms with Crippen molar-refractivity contribution in [3.63, 3.8) is 0 Å². The number of anilines is 6. The summed E-state index contributed by atoms with van der Waals surface area (Å²) in [7, 11) is 0. The first-order valence-corrected chi connectivity index (χ1v) is 25.8. The second-order valence-corrected chi connectivity index (χ2v) is 24.7. The molecule has 0 spiro atoms. The number of hydrogen-bond acceptors (Lipinski definition) is 2. The maximum absolute atomic E-state index is 2.66. The summed E-state index contributed by atoms with van der Waals surface area (Å²) in [6.45, 7) is 28.2. The van der Waals surface area contributed by atoms with E-state index in [0.29, 0.717) is 0 Å². The van der Waals surface area contributed by atoms with Crippen LogP contribution in [0.3, 0.4) is 0 Å². The van der Waals surface area contributed by atoms with Gasteiger partial charge >= 0.3 is 0 Å². The molecular formula is C68H65BN2. The highest BCUT2D eigenvalue weighted by molar-refractivity contribution is 7.03. The van der Waals surface area contributed by atoms with Crippen molar-refractivity contribution in [1.82, 2.24) is 0 Å². The Hall–Kier alpha value is -7.10. The molecule has 0 fully saturated rings. The summed E-state index contributed by atoms with van der Waals surface area (Å²) >= 11 is 0. The SMILES string of the molecule is CC(C)(C)c1cc(N2c3cc(-c4cccc5cc6ccccc6cc45)cc4c3B(c3c2ccc2ccccc32)c2c(ccc3ccccc23)N4c2cc(C(C)(C)C)cc(C(C)(C)C)c2)cc(C(C)(C)C)c1. The van der Waals surface area contributed by atoms with Crippen molar-refractivity contribution < 1.29 is 0 Å². The fraction of sp³-hybridized carbons (Fsp3) is 0.235. The number of fused-ring (bicyclic) bond motifs is 10. The lowest BCUT2D eigenvalue weighted by atomic mass is 9.32. The van der Waals surface area contributed by atoms with Crippen molar-refractivity contribution in [2.75, 3.05) is 9.80 Å². The summed E-state index contributed by atoms with van der Waals surface area (Å²) in [5.41, 5.74) is 18.8. The van der Waals surface area contributed by atoms with Crippen molar-refractivity contribution in [1.29, 1.82) is 0 Å². The first-order valence-electron chi connectivity index (χ1n) is 25.8. The molecule has 2 aliphatic rings. The first kappa shape index (κ1) is 45.1. The lowest BCUT2D eigenvalue weighted by Crippen LogP contribution is -2.61. The van der Waals surface area contributed by atoms with E-state index >= 15 is 0 Å². The van der Waals surface area contributed by atoms with Crippen LogP contribution in [0.1, 0.15) is 105 Å². The molecule has 0 bridgehead atoms. The van der Waals surface area contributed by atoms with Gasteiger partial charge in [0.15, 0.2) is 0 Å². The molecule has 350 valence electrons. The minimum Gasteiger partial charge on any atom is -0.311 e. The predicted molar refractivity (Wildman–Crippen MR) is 311 cm³/mol. The van der Waals surface area contributed by atoms with Crippen molar-refractivity contribution in [3.05, 3.63) is 198 Å². The van der Waals surface area contributed by atoms with Gasteiger partial charge in [0.25, 0.3) is 6.71 Å². The van der Waals surface area contributed by atoms with Crippen LogP contribution < -0.4 is 26.2 Å². The van der Waals surface area contributed by atoms with Crippen molar-refractivity contribution in [3.8, 4) is 11.1 Å². The molecule has 2 heterocycles. The highest BCUT2D eigenvalue weighted by Crippen LogP contribution is 2.50. The Morgan fingerprint density at radius 2 is 0.690 bits per heavy atom. The van der Waals surface area contributed by atoms with Crippen LogP contribution in [0.4, 0.5) is 34.1 Å². The first-order chi connectivity index (χ1) is 33.7. The van der Waals surface area contributed by atoms with E-state index < -0.39 is 0 Å². The van der Waals surface area contributed by atoms with E-state index in [1.165, 1.54) is 127 Å². The Balaban J connectivity index is 1.29. The fourth-order valence-corrected chi connectivity index (χ4v) is 11.7. The van der Waals surface area contributed by atoms with Gasteiger partial charge in [-0.25, -0.2) is 0 Å². The molecule has 0 unspecified atom stereocenters. The zero-order valence-electron chi connectivity index (χ0n) is 43.7. The van der Waals surface area contributed by atoms with E-state index in [9.17, 15) is 0 Å². The van der Waals surface area contributed by atoms with Crippen LogP contribution in [0.15, 0.2) is 176 Å². The van der Waals surface area contributed by atoms with E-state index in [4.69, 9.17) is 0 Å². The van der Waals surface area contributed by atoms with E-state index in [2.05, 4.69) is 269 Å². The molecular weight excluding hydrogens is 856 g/mol. The Bertz CT molecular complexity index is 3580. The van der Waals surface area contributed by atoms with Crippen molar-refractivity contribution >= 4 is 100 Å². The van der Waals surface area contributed by atoms with Crippen LogP contribution in [0, 0.1) is 0 Å². The summed E-state index contributed by atoms with van der Waals surface area (Å²) in [6, 6.07) is 68.2.